The average Bonchev–Trinajstić information content (AvgIpc) is 2.63. The van der Waals surface area contributed by atoms with Gasteiger partial charge >= 0.3 is 6.18 Å². The lowest BCUT2D eigenvalue weighted by Gasteiger charge is -2.28. The van der Waals surface area contributed by atoms with Gasteiger partial charge < -0.3 is 5.11 Å². The minimum absolute atomic E-state index is 0.0191. The van der Waals surface area contributed by atoms with Gasteiger partial charge in [-0.15, -0.1) is 11.3 Å². The van der Waals surface area contributed by atoms with E-state index in [0.29, 0.717) is 6.42 Å². The van der Waals surface area contributed by atoms with Gasteiger partial charge in [-0.1, -0.05) is 13.8 Å². The smallest absolute Gasteiger partial charge is 0.376 e. The van der Waals surface area contributed by atoms with Crippen LogP contribution in [0.2, 0.25) is 0 Å². The number of aliphatic hydroxyl groups is 1. The molecule has 86 valence electrons. The standard InChI is InChI=1S/C10H13F3OS/c1-3-7-5-6-8(15-7)9(14,4-2)10(11,12)13/h5-6,14H,3-4H2,1-2H3. The van der Waals surface area contributed by atoms with E-state index in [1.165, 1.54) is 13.0 Å². The molecule has 0 bridgehead atoms. The molecule has 1 nitrogen and oxygen atoms in total. The first-order valence-electron chi connectivity index (χ1n) is 4.73. The number of halogens is 3. The third-order valence-electron chi connectivity index (χ3n) is 2.40. The number of hydrogen-bond donors (Lipinski definition) is 1. The van der Waals surface area contributed by atoms with Crippen molar-refractivity contribution in [1.82, 2.24) is 0 Å². The molecule has 0 aliphatic heterocycles. The Hall–Kier alpha value is -0.550. The molecule has 1 unspecified atom stereocenters. The molecule has 1 rings (SSSR count). The van der Waals surface area contributed by atoms with Crippen LogP contribution in [-0.4, -0.2) is 11.3 Å². The van der Waals surface area contributed by atoms with E-state index in [9.17, 15) is 18.3 Å². The van der Waals surface area contributed by atoms with Crippen molar-refractivity contribution in [3.8, 4) is 0 Å². The summed E-state index contributed by atoms with van der Waals surface area (Å²) in [5, 5.41) is 9.62. The highest BCUT2D eigenvalue weighted by Crippen LogP contribution is 2.43. The number of hydrogen-bond acceptors (Lipinski definition) is 2. The van der Waals surface area contributed by atoms with Gasteiger partial charge in [0.1, 0.15) is 0 Å². The first-order chi connectivity index (χ1) is 6.85. The van der Waals surface area contributed by atoms with Gasteiger partial charge in [-0.05, 0) is 25.0 Å². The van der Waals surface area contributed by atoms with Crippen LogP contribution in [-0.2, 0) is 12.0 Å². The Balaban J connectivity index is 3.11. The predicted molar refractivity (Wildman–Crippen MR) is 53.9 cm³/mol. The summed E-state index contributed by atoms with van der Waals surface area (Å²) < 4.78 is 38.0. The molecule has 1 aromatic heterocycles. The fraction of sp³-hybridized carbons (Fsp3) is 0.600. The molecule has 0 radical (unpaired) electrons. The van der Waals surface area contributed by atoms with Crippen molar-refractivity contribution in [3.63, 3.8) is 0 Å². The van der Waals surface area contributed by atoms with Gasteiger partial charge in [0.15, 0.2) is 5.60 Å². The van der Waals surface area contributed by atoms with Crippen LogP contribution >= 0.6 is 11.3 Å². The fourth-order valence-corrected chi connectivity index (χ4v) is 2.43. The predicted octanol–water partition coefficient (Wildman–Crippen LogP) is 3.47. The highest BCUT2D eigenvalue weighted by Gasteiger charge is 2.54. The second-order valence-electron chi connectivity index (χ2n) is 3.33. The lowest BCUT2D eigenvalue weighted by molar-refractivity contribution is -0.266. The molecule has 0 aliphatic carbocycles. The van der Waals surface area contributed by atoms with Crippen LogP contribution in [0.15, 0.2) is 12.1 Å². The maximum atomic E-state index is 12.7. The van der Waals surface area contributed by atoms with Gasteiger partial charge in [-0.3, -0.25) is 0 Å². The lowest BCUT2D eigenvalue weighted by atomic mass is 9.98. The van der Waals surface area contributed by atoms with Crippen LogP contribution in [0.4, 0.5) is 13.2 Å². The molecule has 0 aliphatic rings. The molecule has 0 aromatic carbocycles. The molecular weight excluding hydrogens is 225 g/mol. The Labute approximate surface area is 90.6 Å². The Morgan fingerprint density at radius 1 is 1.27 bits per heavy atom. The second-order valence-corrected chi connectivity index (χ2v) is 4.50. The minimum atomic E-state index is -4.61. The molecule has 0 fully saturated rings. The number of thiophene rings is 1. The van der Waals surface area contributed by atoms with Crippen LogP contribution < -0.4 is 0 Å². The highest BCUT2D eigenvalue weighted by molar-refractivity contribution is 7.12. The molecule has 1 atom stereocenters. The first-order valence-corrected chi connectivity index (χ1v) is 5.55. The molecule has 1 aromatic rings. The monoisotopic (exact) mass is 238 g/mol. The summed E-state index contributed by atoms with van der Waals surface area (Å²) in [6, 6.07) is 2.99. The third kappa shape index (κ3) is 2.18. The van der Waals surface area contributed by atoms with E-state index in [1.807, 2.05) is 6.92 Å². The maximum Gasteiger partial charge on any atom is 0.422 e. The van der Waals surface area contributed by atoms with Gasteiger partial charge in [0.25, 0.3) is 0 Å². The largest absolute Gasteiger partial charge is 0.422 e. The molecule has 15 heavy (non-hydrogen) atoms. The summed E-state index contributed by atoms with van der Waals surface area (Å²) >= 11 is 1.02. The van der Waals surface area contributed by atoms with E-state index in [0.717, 1.165) is 16.2 Å². The van der Waals surface area contributed by atoms with Crippen molar-refractivity contribution in [2.24, 2.45) is 0 Å². The van der Waals surface area contributed by atoms with Gasteiger partial charge in [0.2, 0.25) is 0 Å². The maximum absolute atomic E-state index is 12.7. The molecule has 0 spiro atoms. The zero-order valence-electron chi connectivity index (χ0n) is 8.56. The summed E-state index contributed by atoms with van der Waals surface area (Å²) in [5.41, 5.74) is -2.69. The molecule has 0 saturated carbocycles. The molecule has 0 saturated heterocycles. The van der Waals surface area contributed by atoms with Crippen molar-refractivity contribution < 1.29 is 18.3 Å². The van der Waals surface area contributed by atoms with Crippen LogP contribution in [0.5, 0.6) is 0 Å². The quantitative estimate of drug-likeness (QED) is 0.854. The number of rotatable bonds is 3. The Morgan fingerprint density at radius 2 is 1.87 bits per heavy atom. The molecule has 0 amide bonds. The zero-order valence-corrected chi connectivity index (χ0v) is 9.37. The lowest BCUT2D eigenvalue weighted by Crippen LogP contribution is -2.40. The highest BCUT2D eigenvalue weighted by atomic mass is 32.1. The normalized spacial score (nSPS) is 16.4. The van der Waals surface area contributed by atoms with Gasteiger partial charge in [0.05, 0.1) is 0 Å². The van der Waals surface area contributed by atoms with E-state index < -0.39 is 11.8 Å². The van der Waals surface area contributed by atoms with Gasteiger partial charge in [-0.2, -0.15) is 13.2 Å². The molecule has 1 N–H and O–H groups in total. The third-order valence-corrected chi connectivity index (χ3v) is 3.78. The molecular formula is C10H13F3OS. The van der Waals surface area contributed by atoms with Crippen LogP contribution in [0.25, 0.3) is 0 Å². The van der Waals surface area contributed by atoms with E-state index >= 15 is 0 Å². The Kier molecular flexibility index (Phi) is 3.45. The summed E-state index contributed by atoms with van der Waals surface area (Å²) in [6.45, 7) is 3.20. The fourth-order valence-electron chi connectivity index (χ4n) is 1.30. The Bertz CT molecular complexity index is 332. The minimum Gasteiger partial charge on any atom is -0.376 e. The summed E-state index contributed by atoms with van der Waals surface area (Å²) in [5.74, 6) is 0. The zero-order chi connectivity index (χ0) is 11.7. The van der Waals surface area contributed by atoms with Crippen LogP contribution in [0.1, 0.15) is 30.0 Å². The van der Waals surface area contributed by atoms with Crippen molar-refractivity contribution in [3.05, 3.63) is 21.9 Å². The van der Waals surface area contributed by atoms with E-state index in [4.69, 9.17) is 0 Å². The van der Waals surface area contributed by atoms with Gasteiger partial charge in [-0.25, -0.2) is 0 Å². The van der Waals surface area contributed by atoms with E-state index in [-0.39, 0.29) is 11.3 Å². The Morgan fingerprint density at radius 3 is 2.20 bits per heavy atom. The summed E-state index contributed by atoms with van der Waals surface area (Å²) in [6.07, 6.45) is -4.29. The summed E-state index contributed by atoms with van der Waals surface area (Å²) in [7, 11) is 0. The number of alkyl halides is 3. The molecule has 5 heteroatoms. The van der Waals surface area contributed by atoms with Crippen LogP contribution in [0, 0.1) is 0 Å². The molecule has 1 heterocycles. The topological polar surface area (TPSA) is 20.2 Å². The van der Waals surface area contributed by atoms with E-state index in [2.05, 4.69) is 0 Å². The summed E-state index contributed by atoms with van der Waals surface area (Å²) in [4.78, 5) is 0.829. The van der Waals surface area contributed by atoms with Crippen molar-refractivity contribution in [2.75, 3.05) is 0 Å². The van der Waals surface area contributed by atoms with Crippen molar-refractivity contribution >= 4 is 11.3 Å². The number of aryl methyl sites for hydroxylation is 1. The van der Waals surface area contributed by atoms with Crippen LogP contribution in [0.3, 0.4) is 0 Å². The van der Waals surface area contributed by atoms with Crippen molar-refractivity contribution in [2.45, 2.75) is 38.5 Å². The van der Waals surface area contributed by atoms with E-state index in [1.54, 1.807) is 6.07 Å². The van der Waals surface area contributed by atoms with Gasteiger partial charge in [0, 0.05) is 9.75 Å². The SMILES string of the molecule is CCc1ccc(C(O)(CC)C(F)(F)F)s1. The first kappa shape index (κ1) is 12.5. The van der Waals surface area contributed by atoms with Crippen molar-refractivity contribution in [1.29, 1.82) is 0 Å². The second kappa shape index (κ2) is 4.14. The average molecular weight is 238 g/mol.